The molecule has 1 aliphatic heterocycles. The van der Waals surface area contributed by atoms with Crippen molar-refractivity contribution in [1.29, 1.82) is 0 Å². The third-order valence-corrected chi connectivity index (χ3v) is 5.68. The zero-order chi connectivity index (χ0) is 17.1. The highest BCUT2D eigenvalue weighted by atomic mass is 32.2. The molecular formula is C19H23N3OS. The highest BCUT2D eigenvalue weighted by Crippen LogP contribution is 2.36. The summed E-state index contributed by atoms with van der Waals surface area (Å²) in [6.07, 6.45) is 2.19. The van der Waals surface area contributed by atoms with Gasteiger partial charge in [-0.3, -0.25) is 4.79 Å². The molecule has 0 N–H and O–H groups in total. The Morgan fingerprint density at radius 1 is 1.04 bits per heavy atom. The average molecular weight is 341 g/mol. The summed E-state index contributed by atoms with van der Waals surface area (Å²) in [4.78, 5) is 24.2. The number of carbonyl (C=O) groups excluding carboxylic acids is 1. The van der Waals surface area contributed by atoms with E-state index in [4.69, 9.17) is 0 Å². The van der Waals surface area contributed by atoms with Crippen molar-refractivity contribution in [3.63, 3.8) is 0 Å². The van der Waals surface area contributed by atoms with Crippen LogP contribution in [0.4, 0.5) is 0 Å². The molecule has 2 aromatic rings. The molecule has 24 heavy (non-hydrogen) atoms. The number of carbonyl (C=O) groups is 1. The first-order valence-electron chi connectivity index (χ1n) is 8.38. The largest absolute Gasteiger partial charge is 0.341 e. The minimum absolute atomic E-state index is 0.170. The minimum Gasteiger partial charge on any atom is -0.341 e. The number of thioether (sulfide) groups is 1. The van der Waals surface area contributed by atoms with Crippen molar-refractivity contribution in [2.75, 3.05) is 13.1 Å². The van der Waals surface area contributed by atoms with E-state index in [2.05, 4.69) is 9.97 Å². The van der Waals surface area contributed by atoms with Crippen molar-refractivity contribution in [3.8, 4) is 0 Å². The molecule has 0 aliphatic carbocycles. The van der Waals surface area contributed by atoms with E-state index in [1.807, 2.05) is 56.0 Å². The van der Waals surface area contributed by atoms with Crippen LogP contribution in [0.1, 0.15) is 40.6 Å². The van der Waals surface area contributed by atoms with E-state index in [-0.39, 0.29) is 11.2 Å². The first-order valence-corrected chi connectivity index (χ1v) is 9.26. The lowest BCUT2D eigenvalue weighted by Gasteiger charge is -2.23. The second kappa shape index (κ2) is 7.34. The number of rotatable bonds is 4. The Bertz CT molecular complexity index is 704. The Balaban J connectivity index is 1.91. The van der Waals surface area contributed by atoms with Crippen LogP contribution in [-0.2, 0) is 4.79 Å². The second-order valence-corrected chi connectivity index (χ2v) is 7.32. The normalized spacial score (nSPS) is 15.5. The third-order valence-electron chi connectivity index (χ3n) is 4.58. The Morgan fingerprint density at radius 3 is 2.21 bits per heavy atom. The molecule has 1 saturated heterocycles. The number of amides is 1. The SMILES string of the molecule is Cc1nc(S[C@H](C(=O)N2CCCC2)c2ccccc2)nc(C)c1C. The standard InChI is InChI=1S/C19H23N3OS/c1-13-14(2)20-19(21-15(13)3)24-17(16-9-5-4-6-10-16)18(23)22-11-7-8-12-22/h4-6,9-10,17H,7-8,11-12H2,1-3H3/t17-/m0/s1. The van der Waals surface area contributed by atoms with Crippen molar-refractivity contribution in [1.82, 2.24) is 14.9 Å². The van der Waals surface area contributed by atoms with Gasteiger partial charge in [0.2, 0.25) is 5.91 Å². The van der Waals surface area contributed by atoms with E-state index in [1.54, 1.807) is 0 Å². The summed E-state index contributed by atoms with van der Waals surface area (Å²) in [5, 5.41) is 0.391. The van der Waals surface area contributed by atoms with Gasteiger partial charge >= 0.3 is 0 Å². The van der Waals surface area contributed by atoms with E-state index < -0.39 is 0 Å². The molecule has 1 aromatic carbocycles. The van der Waals surface area contributed by atoms with E-state index in [0.29, 0.717) is 5.16 Å². The highest BCUT2D eigenvalue weighted by Gasteiger charge is 2.29. The molecule has 0 saturated carbocycles. The van der Waals surface area contributed by atoms with Gasteiger partial charge in [-0.1, -0.05) is 42.1 Å². The fourth-order valence-corrected chi connectivity index (χ4v) is 4.02. The zero-order valence-electron chi connectivity index (χ0n) is 14.5. The number of aromatic nitrogens is 2. The lowest BCUT2D eigenvalue weighted by atomic mass is 10.1. The van der Waals surface area contributed by atoms with Gasteiger partial charge in [0.15, 0.2) is 5.16 Å². The van der Waals surface area contributed by atoms with Crippen molar-refractivity contribution < 1.29 is 4.79 Å². The quantitative estimate of drug-likeness (QED) is 0.626. The molecule has 0 radical (unpaired) electrons. The number of hydrogen-bond acceptors (Lipinski definition) is 4. The fourth-order valence-electron chi connectivity index (χ4n) is 2.89. The Morgan fingerprint density at radius 2 is 1.62 bits per heavy atom. The number of hydrogen-bond donors (Lipinski definition) is 0. The summed E-state index contributed by atoms with van der Waals surface area (Å²) in [7, 11) is 0. The molecule has 3 rings (SSSR count). The molecule has 1 aromatic heterocycles. The number of aryl methyl sites for hydroxylation is 2. The smallest absolute Gasteiger partial charge is 0.240 e. The predicted molar refractivity (Wildman–Crippen MR) is 97.1 cm³/mol. The topological polar surface area (TPSA) is 46.1 Å². The Hall–Kier alpha value is -1.88. The molecule has 0 spiro atoms. The lowest BCUT2D eigenvalue weighted by Crippen LogP contribution is -2.31. The van der Waals surface area contributed by atoms with Gasteiger partial charge in [-0.25, -0.2) is 9.97 Å². The molecule has 0 unspecified atom stereocenters. The van der Waals surface area contributed by atoms with E-state index in [0.717, 1.165) is 48.4 Å². The van der Waals surface area contributed by atoms with Gasteiger partial charge in [-0.2, -0.15) is 0 Å². The van der Waals surface area contributed by atoms with Gasteiger partial charge in [-0.05, 0) is 44.7 Å². The summed E-state index contributed by atoms with van der Waals surface area (Å²) in [6, 6.07) is 9.96. The Kier molecular flexibility index (Phi) is 5.19. The van der Waals surface area contributed by atoms with E-state index in [1.165, 1.54) is 11.8 Å². The van der Waals surface area contributed by atoms with Gasteiger partial charge in [0.05, 0.1) is 0 Å². The molecular weight excluding hydrogens is 318 g/mol. The van der Waals surface area contributed by atoms with E-state index in [9.17, 15) is 4.79 Å². The van der Waals surface area contributed by atoms with Crippen LogP contribution in [0.5, 0.6) is 0 Å². The monoisotopic (exact) mass is 341 g/mol. The molecule has 1 amide bonds. The fraction of sp³-hybridized carbons (Fsp3) is 0.421. The molecule has 4 nitrogen and oxygen atoms in total. The number of nitrogens with zero attached hydrogens (tertiary/aromatic N) is 3. The summed E-state index contributed by atoms with van der Waals surface area (Å²) >= 11 is 1.46. The van der Waals surface area contributed by atoms with Crippen molar-refractivity contribution in [2.24, 2.45) is 0 Å². The van der Waals surface area contributed by atoms with Crippen LogP contribution < -0.4 is 0 Å². The predicted octanol–water partition coefficient (Wildman–Crippen LogP) is 3.86. The van der Waals surface area contributed by atoms with Gasteiger partial charge in [0, 0.05) is 24.5 Å². The summed E-state index contributed by atoms with van der Waals surface area (Å²) in [5.74, 6) is 0.170. The van der Waals surface area contributed by atoms with Gasteiger partial charge < -0.3 is 4.90 Å². The zero-order valence-corrected chi connectivity index (χ0v) is 15.3. The first kappa shape index (κ1) is 17.0. The molecule has 5 heteroatoms. The van der Waals surface area contributed by atoms with Crippen LogP contribution in [0.2, 0.25) is 0 Å². The number of benzene rings is 1. The van der Waals surface area contributed by atoms with Crippen molar-refractivity contribution in [2.45, 2.75) is 44.0 Å². The molecule has 2 heterocycles. The van der Waals surface area contributed by atoms with Crippen LogP contribution in [0.25, 0.3) is 0 Å². The van der Waals surface area contributed by atoms with Gasteiger partial charge in [0.25, 0.3) is 0 Å². The lowest BCUT2D eigenvalue weighted by molar-refractivity contribution is -0.129. The summed E-state index contributed by atoms with van der Waals surface area (Å²) < 4.78 is 0. The molecule has 1 aliphatic rings. The van der Waals surface area contributed by atoms with Crippen LogP contribution in [0.15, 0.2) is 35.5 Å². The maximum atomic E-state index is 13.0. The van der Waals surface area contributed by atoms with Crippen LogP contribution in [-0.4, -0.2) is 33.9 Å². The molecule has 126 valence electrons. The third kappa shape index (κ3) is 3.61. The van der Waals surface area contributed by atoms with Crippen molar-refractivity contribution in [3.05, 3.63) is 52.8 Å². The van der Waals surface area contributed by atoms with E-state index >= 15 is 0 Å². The molecule has 1 atom stereocenters. The van der Waals surface area contributed by atoms with Crippen LogP contribution in [0.3, 0.4) is 0 Å². The maximum Gasteiger partial charge on any atom is 0.240 e. The Labute approximate surface area is 147 Å². The number of likely N-dealkylation sites (tertiary alicyclic amines) is 1. The van der Waals surface area contributed by atoms with Crippen molar-refractivity contribution >= 4 is 17.7 Å². The average Bonchev–Trinajstić information content (AvgIpc) is 3.12. The van der Waals surface area contributed by atoms with Gasteiger partial charge in [-0.15, -0.1) is 0 Å². The maximum absolute atomic E-state index is 13.0. The first-order chi connectivity index (χ1) is 11.6. The van der Waals surface area contributed by atoms with Gasteiger partial charge in [0.1, 0.15) is 5.25 Å². The second-order valence-electron chi connectivity index (χ2n) is 6.24. The summed E-state index contributed by atoms with van der Waals surface area (Å²) in [5.41, 5.74) is 4.08. The van der Waals surface area contributed by atoms with Crippen LogP contribution >= 0.6 is 11.8 Å². The van der Waals surface area contributed by atoms with Crippen LogP contribution in [0, 0.1) is 20.8 Å². The molecule has 1 fully saturated rings. The summed E-state index contributed by atoms with van der Waals surface area (Å²) in [6.45, 7) is 7.73. The molecule has 0 bridgehead atoms. The highest BCUT2D eigenvalue weighted by molar-refractivity contribution is 8.00. The minimum atomic E-state index is -0.286.